The molecule has 0 atom stereocenters. The van der Waals surface area contributed by atoms with E-state index in [1.165, 1.54) is 13.8 Å². The lowest BCUT2D eigenvalue weighted by molar-refractivity contribution is -0.132. The zero-order chi connectivity index (χ0) is 38.1. The van der Waals surface area contributed by atoms with Crippen LogP contribution in [-0.4, -0.2) is 23.0 Å². The van der Waals surface area contributed by atoms with Crippen LogP contribution in [0, 0.1) is 94.7 Å². The molecule has 4 aromatic rings. The molecular formula is C46H56O7. The molecule has 0 aliphatic heterocycles. The fourth-order valence-corrected chi connectivity index (χ4v) is 3.78. The van der Waals surface area contributed by atoms with E-state index < -0.39 is 5.97 Å². The Morgan fingerprint density at radius 1 is 0.434 bits per heavy atom. The molecule has 0 aliphatic carbocycles. The second-order valence-corrected chi connectivity index (χ2v) is 9.82. The Bertz CT molecular complexity index is 2520. The maximum Gasteiger partial charge on any atom is 0.390 e. The lowest BCUT2D eigenvalue weighted by Gasteiger charge is -2.05. The van der Waals surface area contributed by atoms with Crippen LogP contribution in [0.2, 0.25) is 0 Å². The third-order valence-electron chi connectivity index (χ3n) is 5.93. The highest BCUT2D eigenvalue weighted by Gasteiger charge is 2.04. The van der Waals surface area contributed by atoms with E-state index in [0.717, 1.165) is 22.3 Å². The average molecular weight is 721 g/mol. The first kappa shape index (κ1) is 39.0. The molecule has 0 fully saturated rings. The Hall–Kier alpha value is -8.43. The minimum absolute atomic E-state index is 0. The molecule has 282 valence electrons. The van der Waals surface area contributed by atoms with Crippen LogP contribution in [0.1, 0.15) is 42.2 Å². The van der Waals surface area contributed by atoms with E-state index in [1.807, 2.05) is 36.4 Å². The largest absolute Gasteiger partial charge is 0.508 e. The topological polar surface area (TPSA) is 99.1 Å². The van der Waals surface area contributed by atoms with Crippen molar-refractivity contribution in [1.82, 2.24) is 0 Å². The predicted octanol–water partition coefficient (Wildman–Crippen LogP) is 9.91. The summed E-state index contributed by atoms with van der Waals surface area (Å²) in [5.74, 6) is 39.7. The third kappa shape index (κ3) is 16.0. The lowest BCUT2D eigenvalue weighted by Crippen LogP contribution is -2.04. The van der Waals surface area contributed by atoms with E-state index in [2.05, 4.69) is 94.7 Å². The monoisotopic (exact) mass is 720 g/mol. The molecule has 0 radical (unpaired) electrons. The molecule has 1 N–H and O–H groups in total. The summed E-state index contributed by atoms with van der Waals surface area (Å²) in [6, 6.07) is 28.1. The summed E-state index contributed by atoms with van der Waals surface area (Å²) >= 11 is 0. The number of phenols is 1. The number of rotatable bonds is 5. The summed E-state index contributed by atoms with van der Waals surface area (Å²) < 4.78 is 15.1. The van der Waals surface area contributed by atoms with Crippen LogP contribution in [-0.2, 0) is 14.4 Å². The second-order valence-electron chi connectivity index (χ2n) is 9.82. The molecular weight excluding hydrogens is 664 g/mol. The molecule has 0 heterocycles. The van der Waals surface area contributed by atoms with E-state index in [1.54, 1.807) is 67.6 Å². The van der Waals surface area contributed by atoms with Gasteiger partial charge >= 0.3 is 17.9 Å². The van der Waals surface area contributed by atoms with Crippen LogP contribution < -0.4 is 14.2 Å². The summed E-state index contributed by atoms with van der Waals surface area (Å²) in [6.07, 6.45) is 0. The standard InChI is InChI=1S/C32H14O4.C14H12O3.15H2/c1-3-4-5-6-7-8-9-10-11-12-13-14-15-16-17-18-32(34)36-31-25-21-29(22-26-31)28-19-23-30(24-20-28)35-27(2)33;1-10(15)17-14-8-4-12(5-9-14)11-2-6-13(16)7-3-11;;;;;;;;;;;;;;;/h19-26H,1-2H3;2-9,16H,1H3;15*1H. The molecule has 0 saturated carbocycles. The van der Waals surface area contributed by atoms with Gasteiger partial charge in [0.1, 0.15) is 23.0 Å². The highest BCUT2D eigenvalue weighted by atomic mass is 16.5. The molecule has 0 amide bonds. The Labute approximate surface area is 331 Å². The van der Waals surface area contributed by atoms with E-state index in [-0.39, 0.29) is 39.1 Å². The van der Waals surface area contributed by atoms with Crippen LogP contribution in [0.5, 0.6) is 23.0 Å². The van der Waals surface area contributed by atoms with Gasteiger partial charge in [0.2, 0.25) is 0 Å². The number of carbonyl (C=O) groups excluding carboxylic acids is 3. The first-order valence-electron chi connectivity index (χ1n) is 15.3. The number of hydrogen-bond donors (Lipinski definition) is 1. The lowest BCUT2D eigenvalue weighted by atomic mass is 10.1. The molecule has 0 spiro atoms. The van der Waals surface area contributed by atoms with E-state index >= 15 is 0 Å². The van der Waals surface area contributed by atoms with E-state index in [9.17, 15) is 19.5 Å². The number of aromatic hydroxyl groups is 1. The highest BCUT2D eigenvalue weighted by Crippen LogP contribution is 2.25. The average Bonchev–Trinajstić information content (AvgIpc) is 3.14. The van der Waals surface area contributed by atoms with Gasteiger partial charge in [0.15, 0.2) is 0 Å². The minimum Gasteiger partial charge on any atom is -0.508 e. The minimum atomic E-state index is -0.752. The van der Waals surface area contributed by atoms with Crippen LogP contribution >= 0.6 is 0 Å². The van der Waals surface area contributed by atoms with Gasteiger partial charge in [-0.15, -0.1) is 0 Å². The summed E-state index contributed by atoms with van der Waals surface area (Å²) in [7, 11) is 0. The number of carbonyl (C=O) groups is 3. The molecule has 53 heavy (non-hydrogen) atoms. The first-order valence-corrected chi connectivity index (χ1v) is 15.3. The summed E-state index contributed by atoms with van der Waals surface area (Å²) in [6.45, 7) is 4.40. The van der Waals surface area contributed by atoms with Gasteiger partial charge in [0.05, 0.1) is 0 Å². The molecule has 7 nitrogen and oxygen atoms in total. The second kappa shape index (κ2) is 22.3. The third-order valence-corrected chi connectivity index (χ3v) is 5.93. The summed E-state index contributed by atoms with van der Waals surface area (Å²) in [5, 5.41) is 9.19. The van der Waals surface area contributed by atoms with Crippen molar-refractivity contribution in [3.8, 4) is 140 Å². The smallest absolute Gasteiger partial charge is 0.390 e. The number of esters is 3. The Morgan fingerprint density at radius 2 is 0.717 bits per heavy atom. The van der Waals surface area contributed by atoms with E-state index in [0.29, 0.717) is 17.2 Å². The van der Waals surface area contributed by atoms with Gasteiger partial charge in [0.25, 0.3) is 0 Å². The number of benzene rings is 4. The maximum atomic E-state index is 11.8. The van der Waals surface area contributed by atoms with Gasteiger partial charge < -0.3 is 19.3 Å². The number of phenolic OH excluding ortho intramolecular Hbond substituents is 1. The first-order chi connectivity index (χ1) is 25.7. The van der Waals surface area contributed by atoms with Crippen LogP contribution in [0.15, 0.2) is 97.1 Å². The number of hydrogen-bond acceptors (Lipinski definition) is 7. The zero-order valence-electron chi connectivity index (χ0n) is 28.6. The molecule has 0 unspecified atom stereocenters. The molecule has 0 bridgehead atoms. The molecule has 0 saturated heterocycles. The van der Waals surface area contributed by atoms with Crippen LogP contribution in [0.3, 0.4) is 0 Å². The van der Waals surface area contributed by atoms with Crippen LogP contribution in [0.4, 0.5) is 0 Å². The van der Waals surface area contributed by atoms with Crippen molar-refractivity contribution >= 4 is 17.9 Å². The van der Waals surface area contributed by atoms with Crippen molar-refractivity contribution in [3.63, 3.8) is 0 Å². The Balaban J connectivity index is -0.0000000755. The predicted molar refractivity (Wildman–Crippen MR) is 233 cm³/mol. The van der Waals surface area contributed by atoms with Crippen molar-refractivity contribution < 1.29 is 55.1 Å². The van der Waals surface area contributed by atoms with Gasteiger partial charge in [-0.05, 0) is 161 Å². The Morgan fingerprint density at radius 3 is 1.04 bits per heavy atom. The van der Waals surface area contributed by atoms with Gasteiger partial charge in [-0.3, -0.25) is 9.59 Å². The number of ether oxygens (including phenoxy) is 3. The highest BCUT2D eigenvalue weighted by molar-refractivity contribution is 5.91. The zero-order valence-corrected chi connectivity index (χ0v) is 28.6. The normalized spacial score (nSPS) is 8.13. The quantitative estimate of drug-likeness (QED) is 0.0949. The fraction of sp³-hybridized carbons (Fsp3) is 0.0652. The fourth-order valence-electron chi connectivity index (χ4n) is 3.78. The van der Waals surface area contributed by atoms with Gasteiger partial charge in [0, 0.05) is 41.2 Å². The summed E-state index contributed by atoms with van der Waals surface area (Å²) in [4.78, 5) is 33.6. The maximum absolute atomic E-state index is 11.8. The molecule has 0 aliphatic rings. The van der Waals surface area contributed by atoms with Gasteiger partial charge in [-0.25, -0.2) is 4.79 Å². The molecule has 7 heteroatoms. The summed E-state index contributed by atoms with van der Waals surface area (Å²) in [5.41, 5.74) is 3.81. The van der Waals surface area contributed by atoms with Gasteiger partial charge in [-0.2, -0.15) is 0 Å². The molecule has 4 aromatic carbocycles. The molecule has 0 aromatic heterocycles. The van der Waals surface area contributed by atoms with Crippen molar-refractivity contribution in [2.75, 3.05) is 0 Å². The molecule has 4 rings (SSSR count). The Kier molecular flexibility index (Phi) is 16.4. The van der Waals surface area contributed by atoms with E-state index in [4.69, 9.17) is 14.2 Å². The van der Waals surface area contributed by atoms with Crippen LogP contribution in [0.25, 0.3) is 22.3 Å². The van der Waals surface area contributed by atoms with Gasteiger partial charge in [-0.1, -0.05) is 54.5 Å². The van der Waals surface area contributed by atoms with Crippen molar-refractivity contribution in [2.24, 2.45) is 0 Å². The van der Waals surface area contributed by atoms with Crippen molar-refractivity contribution in [3.05, 3.63) is 97.1 Å². The van der Waals surface area contributed by atoms with Crippen molar-refractivity contribution in [2.45, 2.75) is 20.8 Å². The van der Waals surface area contributed by atoms with Crippen molar-refractivity contribution in [1.29, 1.82) is 0 Å². The SMILES string of the molecule is CC#CC#CC#CC#CC#CC#CC#CC#CC(=O)Oc1ccc(-c2ccc(OC(C)=O)cc2)cc1.CC(=O)Oc1ccc(-c2ccc(O)cc2)cc1.[HH].[HH].[HH].[HH].[HH].[HH].[HH].[HH].[HH].[HH].[HH].[HH].[HH].[HH].[HH].